The highest BCUT2D eigenvalue weighted by atomic mass is 32.2. The molecule has 0 aliphatic carbocycles. The number of carbonyl (C=O) groups is 1. The molecule has 1 amide bonds. The van der Waals surface area contributed by atoms with Crippen LogP contribution in [0.4, 0.5) is 0 Å². The first kappa shape index (κ1) is 15.4. The van der Waals surface area contributed by atoms with Gasteiger partial charge >= 0.3 is 0 Å². The maximum Gasteiger partial charge on any atom is 0.236 e. The molecule has 1 aliphatic rings. The first-order chi connectivity index (χ1) is 8.29. The molecule has 0 aromatic heterocycles. The van der Waals surface area contributed by atoms with E-state index in [0.29, 0.717) is 12.5 Å². The predicted molar refractivity (Wildman–Crippen MR) is 68.8 cm³/mol. The molecule has 0 saturated carbocycles. The van der Waals surface area contributed by atoms with Crippen LogP contribution >= 0.6 is 0 Å². The molecule has 3 unspecified atom stereocenters. The minimum atomic E-state index is -3.07. The second-order valence-electron chi connectivity index (χ2n) is 4.89. The number of ether oxygens (including phenoxy) is 1. The average molecular weight is 278 g/mol. The van der Waals surface area contributed by atoms with Crippen molar-refractivity contribution in [3.8, 4) is 0 Å². The van der Waals surface area contributed by atoms with Crippen LogP contribution in [0.5, 0.6) is 0 Å². The Kier molecular flexibility index (Phi) is 5.55. The number of carbonyl (C=O) groups excluding carboxylic acids is 1. The van der Waals surface area contributed by atoms with Crippen molar-refractivity contribution in [1.82, 2.24) is 5.32 Å². The molecule has 0 aromatic rings. The largest absolute Gasteiger partial charge is 0.378 e. The number of nitrogens with two attached hydrogens (primary N) is 1. The van der Waals surface area contributed by atoms with E-state index in [-0.39, 0.29) is 24.2 Å². The molecule has 0 aromatic carbocycles. The maximum atomic E-state index is 11.7. The van der Waals surface area contributed by atoms with Crippen LogP contribution < -0.4 is 11.1 Å². The summed E-state index contributed by atoms with van der Waals surface area (Å²) < 4.78 is 27.3. The molecule has 1 heterocycles. The van der Waals surface area contributed by atoms with E-state index < -0.39 is 15.9 Å². The van der Waals surface area contributed by atoms with Gasteiger partial charge in [0, 0.05) is 25.3 Å². The molecule has 3 atom stereocenters. The van der Waals surface area contributed by atoms with Gasteiger partial charge < -0.3 is 15.8 Å². The second-order valence-corrected chi connectivity index (χ2v) is 7.15. The zero-order valence-corrected chi connectivity index (χ0v) is 11.7. The smallest absolute Gasteiger partial charge is 0.236 e. The summed E-state index contributed by atoms with van der Waals surface area (Å²) in [5, 5.41) is 2.75. The van der Waals surface area contributed by atoms with Crippen molar-refractivity contribution in [3.63, 3.8) is 0 Å². The van der Waals surface area contributed by atoms with E-state index in [2.05, 4.69) is 5.32 Å². The van der Waals surface area contributed by atoms with Crippen LogP contribution in [-0.2, 0) is 19.4 Å². The van der Waals surface area contributed by atoms with Crippen LogP contribution in [-0.4, -0.2) is 51.6 Å². The Hall–Kier alpha value is -0.660. The molecule has 3 N–H and O–H groups in total. The summed E-state index contributed by atoms with van der Waals surface area (Å²) in [4.78, 5) is 11.7. The standard InChI is InChI=1S/C11H22N2O4S/c1-8-9(3-5-17-8)7-13-11(14)10(12)4-6-18(2,15)16/h8-10H,3-7,12H2,1-2H3,(H,13,14). The van der Waals surface area contributed by atoms with E-state index >= 15 is 0 Å². The quantitative estimate of drug-likeness (QED) is 0.669. The van der Waals surface area contributed by atoms with Gasteiger partial charge in [-0.15, -0.1) is 0 Å². The third kappa shape index (κ3) is 5.32. The lowest BCUT2D eigenvalue weighted by atomic mass is 10.0. The minimum absolute atomic E-state index is 0.0650. The van der Waals surface area contributed by atoms with Gasteiger partial charge in [-0.3, -0.25) is 4.79 Å². The maximum absolute atomic E-state index is 11.7. The summed E-state index contributed by atoms with van der Waals surface area (Å²) in [5.74, 6) is -0.0429. The predicted octanol–water partition coefficient (Wildman–Crippen LogP) is -0.710. The van der Waals surface area contributed by atoms with Gasteiger partial charge in [-0.1, -0.05) is 0 Å². The van der Waals surface area contributed by atoms with Crippen LogP contribution in [0, 0.1) is 5.92 Å². The molecular weight excluding hydrogens is 256 g/mol. The van der Waals surface area contributed by atoms with Gasteiger partial charge in [0.05, 0.1) is 17.9 Å². The van der Waals surface area contributed by atoms with E-state index in [4.69, 9.17) is 10.5 Å². The normalized spacial score (nSPS) is 25.9. The second kappa shape index (κ2) is 6.49. The van der Waals surface area contributed by atoms with Gasteiger partial charge in [-0.25, -0.2) is 8.42 Å². The van der Waals surface area contributed by atoms with Crippen molar-refractivity contribution in [3.05, 3.63) is 0 Å². The molecular formula is C11H22N2O4S. The number of hydrogen-bond donors (Lipinski definition) is 2. The van der Waals surface area contributed by atoms with Crippen molar-refractivity contribution in [1.29, 1.82) is 0 Å². The summed E-state index contributed by atoms with van der Waals surface area (Å²) in [6, 6.07) is -0.766. The molecule has 0 radical (unpaired) electrons. The van der Waals surface area contributed by atoms with Crippen LogP contribution in [0.3, 0.4) is 0 Å². The van der Waals surface area contributed by atoms with Gasteiger partial charge in [-0.2, -0.15) is 0 Å². The summed E-state index contributed by atoms with van der Waals surface area (Å²) in [6.45, 7) is 3.24. The van der Waals surface area contributed by atoms with Crippen LogP contribution in [0.2, 0.25) is 0 Å². The van der Waals surface area contributed by atoms with Crippen LogP contribution in [0.1, 0.15) is 19.8 Å². The number of amides is 1. The highest BCUT2D eigenvalue weighted by molar-refractivity contribution is 7.90. The zero-order valence-electron chi connectivity index (χ0n) is 10.9. The van der Waals surface area contributed by atoms with Crippen molar-refractivity contribution in [2.45, 2.75) is 31.9 Å². The summed E-state index contributed by atoms with van der Waals surface area (Å²) in [7, 11) is -3.07. The Morgan fingerprint density at radius 3 is 2.72 bits per heavy atom. The number of sulfone groups is 1. The first-order valence-electron chi connectivity index (χ1n) is 6.12. The number of hydrogen-bond acceptors (Lipinski definition) is 5. The molecule has 106 valence electrons. The Morgan fingerprint density at radius 2 is 2.22 bits per heavy atom. The monoisotopic (exact) mass is 278 g/mol. The van der Waals surface area contributed by atoms with E-state index in [0.717, 1.165) is 19.3 Å². The fourth-order valence-corrected chi connectivity index (χ4v) is 2.56. The lowest BCUT2D eigenvalue weighted by Gasteiger charge is -2.17. The third-order valence-electron chi connectivity index (χ3n) is 3.21. The van der Waals surface area contributed by atoms with Crippen LogP contribution in [0.25, 0.3) is 0 Å². The fourth-order valence-electron chi connectivity index (χ4n) is 1.88. The lowest BCUT2D eigenvalue weighted by molar-refractivity contribution is -0.122. The highest BCUT2D eigenvalue weighted by Gasteiger charge is 2.25. The SMILES string of the molecule is CC1OCCC1CNC(=O)C(N)CCS(C)(=O)=O. The third-order valence-corrected chi connectivity index (χ3v) is 4.19. The molecule has 1 fully saturated rings. The van der Waals surface area contributed by atoms with E-state index in [1.54, 1.807) is 0 Å². The van der Waals surface area contributed by atoms with Crippen LogP contribution in [0.15, 0.2) is 0 Å². The summed E-state index contributed by atoms with van der Waals surface area (Å²) in [6.07, 6.45) is 2.37. The van der Waals surface area contributed by atoms with Gasteiger partial charge in [0.2, 0.25) is 5.91 Å². The van der Waals surface area contributed by atoms with Crippen molar-refractivity contribution >= 4 is 15.7 Å². The van der Waals surface area contributed by atoms with Crippen molar-refractivity contribution < 1.29 is 17.9 Å². The van der Waals surface area contributed by atoms with Gasteiger partial charge in [0.15, 0.2) is 0 Å². The molecule has 0 bridgehead atoms. The summed E-state index contributed by atoms with van der Waals surface area (Å²) in [5.41, 5.74) is 5.64. The zero-order chi connectivity index (χ0) is 13.8. The molecule has 6 nitrogen and oxygen atoms in total. The van der Waals surface area contributed by atoms with Gasteiger partial charge in [-0.05, 0) is 19.8 Å². The molecule has 0 spiro atoms. The van der Waals surface area contributed by atoms with Gasteiger partial charge in [0.1, 0.15) is 9.84 Å². The number of nitrogens with one attached hydrogen (secondary N) is 1. The highest BCUT2D eigenvalue weighted by Crippen LogP contribution is 2.19. The number of rotatable bonds is 6. The minimum Gasteiger partial charge on any atom is -0.378 e. The lowest BCUT2D eigenvalue weighted by Crippen LogP contribution is -2.43. The van der Waals surface area contributed by atoms with E-state index in [1.165, 1.54) is 0 Å². The van der Waals surface area contributed by atoms with Crippen molar-refractivity contribution in [2.75, 3.05) is 25.2 Å². The average Bonchev–Trinajstić information content (AvgIpc) is 2.67. The summed E-state index contributed by atoms with van der Waals surface area (Å²) >= 11 is 0. The Bertz CT molecular complexity index is 383. The first-order valence-corrected chi connectivity index (χ1v) is 8.18. The fraction of sp³-hybridized carbons (Fsp3) is 0.909. The molecule has 1 rings (SSSR count). The Labute approximate surface area is 108 Å². The Morgan fingerprint density at radius 1 is 1.56 bits per heavy atom. The van der Waals surface area contributed by atoms with E-state index in [1.807, 2.05) is 6.92 Å². The molecule has 1 aliphatic heterocycles. The molecule has 18 heavy (non-hydrogen) atoms. The molecule has 7 heteroatoms. The topological polar surface area (TPSA) is 98.5 Å². The van der Waals surface area contributed by atoms with Crippen molar-refractivity contribution in [2.24, 2.45) is 11.7 Å². The molecule has 1 saturated heterocycles. The van der Waals surface area contributed by atoms with E-state index in [9.17, 15) is 13.2 Å². The van der Waals surface area contributed by atoms with Gasteiger partial charge in [0.25, 0.3) is 0 Å². The Balaban J connectivity index is 2.27.